The Hall–Kier alpha value is -3.39. The maximum Gasteiger partial charge on any atom is 0.255 e. The zero-order valence-electron chi connectivity index (χ0n) is 18.4. The summed E-state index contributed by atoms with van der Waals surface area (Å²) >= 11 is 0. The van der Waals surface area contributed by atoms with Crippen LogP contribution in [-0.2, 0) is 22.7 Å². The Kier molecular flexibility index (Phi) is 6.00. The molecule has 0 aromatic heterocycles. The van der Waals surface area contributed by atoms with E-state index in [-0.39, 0.29) is 30.2 Å². The summed E-state index contributed by atoms with van der Waals surface area (Å²) in [7, 11) is 0. The van der Waals surface area contributed by atoms with E-state index in [1.807, 2.05) is 42.5 Å². The van der Waals surface area contributed by atoms with Gasteiger partial charge in [0.1, 0.15) is 17.9 Å². The highest BCUT2D eigenvalue weighted by Crippen LogP contribution is 2.29. The van der Waals surface area contributed by atoms with Crippen LogP contribution in [0.15, 0.2) is 42.5 Å². The third-order valence-electron chi connectivity index (χ3n) is 6.51. The van der Waals surface area contributed by atoms with E-state index in [1.165, 1.54) is 0 Å². The van der Waals surface area contributed by atoms with E-state index in [4.69, 9.17) is 4.74 Å². The Morgan fingerprint density at radius 2 is 1.88 bits per heavy atom. The lowest BCUT2D eigenvalue weighted by atomic mass is 10.0. The van der Waals surface area contributed by atoms with E-state index in [0.717, 1.165) is 48.5 Å². The third-order valence-corrected chi connectivity index (χ3v) is 6.51. The number of anilines is 1. The summed E-state index contributed by atoms with van der Waals surface area (Å²) in [4.78, 5) is 38.1. The summed E-state index contributed by atoms with van der Waals surface area (Å²) in [5.41, 5.74) is 3.56. The molecule has 8 nitrogen and oxygen atoms in total. The first-order valence-corrected chi connectivity index (χ1v) is 11.5. The number of rotatable bonds is 6. The molecule has 1 unspecified atom stereocenters. The molecular weight excluding hydrogens is 420 g/mol. The van der Waals surface area contributed by atoms with Gasteiger partial charge in [0, 0.05) is 36.8 Å². The number of hydrogen-bond donors (Lipinski definition) is 3. The minimum Gasteiger partial charge on any atom is -0.490 e. The number of carbonyl (C=O) groups is 3. The Morgan fingerprint density at radius 3 is 2.70 bits per heavy atom. The molecule has 8 heteroatoms. The first-order valence-electron chi connectivity index (χ1n) is 11.5. The highest BCUT2D eigenvalue weighted by atomic mass is 16.5. The van der Waals surface area contributed by atoms with Crippen molar-refractivity contribution >= 4 is 23.4 Å². The molecule has 0 spiro atoms. The minimum atomic E-state index is -0.591. The number of hydrogen-bond acceptors (Lipinski definition) is 6. The van der Waals surface area contributed by atoms with E-state index < -0.39 is 6.04 Å². The number of imide groups is 1. The van der Waals surface area contributed by atoms with Gasteiger partial charge in [-0.05, 0) is 61.7 Å². The molecule has 3 N–H and O–H groups in total. The topological polar surface area (TPSA) is 99.8 Å². The van der Waals surface area contributed by atoms with Crippen LogP contribution >= 0.6 is 0 Å². The number of piperidine rings is 2. The smallest absolute Gasteiger partial charge is 0.255 e. The zero-order chi connectivity index (χ0) is 22.8. The summed E-state index contributed by atoms with van der Waals surface area (Å²) in [6.07, 6.45) is 2.91. The van der Waals surface area contributed by atoms with Crippen molar-refractivity contribution in [1.82, 2.24) is 15.5 Å². The normalized spacial score (nSPS) is 21.0. The lowest BCUT2D eigenvalue weighted by Crippen LogP contribution is -2.52. The molecule has 5 rings (SSSR count). The largest absolute Gasteiger partial charge is 0.490 e. The summed E-state index contributed by atoms with van der Waals surface area (Å²) in [6.45, 7) is 2.97. The summed E-state index contributed by atoms with van der Waals surface area (Å²) < 4.78 is 6.13. The van der Waals surface area contributed by atoms with Crippen molar-refractivity contribution in [2.24, 2.45) is 0 Å². The maximum atomic E-state index is 12.8. The van der Waals surface area contributed by atoms with Crippen LogP contribution in [0.1, 0.15) is 47.2 Å². The van der Waals surface area contributed by atoms with Crippen LogP contribution in [0.2, 0.25) is 0 Å². The van der Waals surface area contributed by atoms with Gasteiger partial charge in [-0.1, -0.05) is 18.2 Å². The van der Waals surface area contributed by atoms with Gasteiger partial charge in [0.05, 0.1) is 0 Å². The van der Waals surface area contributed by atoms with Gasteiger partial charge in [0.15, 0.2) is 0 Å². The predicted octanol–water partition coefficient (Wildman–Crippen LogP) is 2.19. The highest BCUT2D eigenvalue weighted by Gasteiger charge is 2.39. The van der Waals surface area contributed by atoms with Crippen molar-refractivity contribution in [1.29, 1.82) is 0 Å². The van der Waals surface area contributed by atoms with E-state index in [9.17, 15) is 14.4 Å². The quantitative estimate of drug-likeness (QED) is 0.586. The molecule has 2 saturated heterocycles. The average molecular weight is 449 g/mol. The highest BCUT2D eigenvalue weighted by molar-refractivity contribution is 6.05. The Labute approximate surface area is 192 Å². The van der Waals surface area contributed by atoms with Gasteiger partial charge in [0.25, 0.3) is 5.91 Å². The Balaban J connectivity index is 1.22. The molecular formula is C25H28N4O4. The second-order valence-electron chi connectivity index (χ2n) is 8.84. The van der Waals surface area contributed by atoms with Crippen molar-refractivity contribution < 1.29 is 19.1 Å². The van der Waals surface area contributed by atoms with Crippen LogP contribution in [0.4, 0.5) is 5.69 Å². The van der Waals surface area contributed by atoms with Crippen LogP contribution in [0, 0.1) is 0 Å². The molecule has 3 heterocycles. The van der Waals surface area contributed by atoms with Crippen LogP contribution in [0.25, 0.3) is 0 Å². The molecule has 3 amide bonds. The summed E-state index contributed by atoms with van der Waals surface area (Å²) in [5.74, 6) is 0.0491. The molecule has 2 aromatic rings. The molecule has 2 aromatic carbocycles. The molecule has 0 aliphatic carbocycles. The van der Waals surface area contributed by atoms with Crippen molar-refractivity contribution in [2.45, 2.75) is 50.9 Å². The van der Waals surface area contributed by atoms with Crippen molar-refractivity contribution in [3.05, 3.63) is 59.2 Å². The summed E-state index contributed by atoms with van der Waals surface area (Å²) in [5, 5.41) is 9.12. The minimum absolute atomic E-state index is 0.151. The van der Waals surface area contributed by atoms with Crippen LogP contribution in [-0.4, -0.2) is 47.9 Å². The number of fused-ring (bicyclic) bond motifs is 1. The van der Waals surface area contributed by atoms with Crippen LogP contribution in [0.5, 0.6) is 5.75 Å². The fourth-order valence-corrected chi connectivity index (χ4v) is 4.73. The first-order chi connectivity index (χ1) is 16.1. The third kappa shape index (κ3) is 4.71. The molecule has 172 valence electrons. The number of carbonyl (C=O) groups excluding carboxylic acids is 3. The van der Waals surface area contributed by atoms with Gasteiger partial charge in [0.2, 0.25) is 11.8 Å². The van der Waals surface area contributed by atoms with Gasteiger partial charge >= 0.3 is 0 Å². The lowest BCUT2D eigenvalue weighted by Gasteiger charge is -2.29. The lowest BCUT2D eigenvalue weighted by molar-refractivity contribution is -0.136. The van der Waals surface area contributed by atoms with Gasteiger partial charge in [-0.2, -0.15) is 0 Å². The molecule has 0 radical (unpaired) electrons. The summed E-state index contributed by atoms with van der Waals surface area (Å²) in [6, 6.07) is 13.2. The number of nitrogens with one attached hydrogen (secondary N) is 3. The maximum absolute atomic E-state index is 12.8. The monoisotopic (exact) mass is 448 g/mol. The fourth-order valence-electron chi connectivity index (χ4n) is 4.73. The van der Waals surface area contributed by atoms with E-state index >= 15 is 0 Å². The second-order valence-corrected chi connectivity index (χ2v) is 8.84. The molecule has 0 saturated carbocycles. The van der Waals surface area contributed by atoms with Crippen molar-refractivity contribution in [2.75, 3.05) is 18.4 Å². The Bertz CT molecular complexity index is 1080. The molecule has 33 heavy (non-hydrogen) atoms. The van der Waals surface area contributed by atoms with Gasteiger partial charge in [-0.3, -0.25) is 19.7 Å². The van der Waals surface area contributed by atoms with Gasteiger partial charge in [-0.25, -0.2) is 0 Å². The molecule has 1 atom stereocenters. The average Bonchev–Trinajstić information content (AvgIpc) is 3.14. The SMILES string of the molecule is O=C1CCC(N2Cc3cc(CNc4cccc(OC5CCNCC5)c4)ccc3C2=O)C(=O)N1. The second kappa shape index (κ2) is 9.23. The van der Waals surface area contributed by atoms with Crippen LogP contribution in [0.3, 0.4) is 0 Å². The van der Waals surface area contributed by atoms with Crippen molar-refractivity contribution in [3.63, 3.8) is 0 Å². The fraction of sp³-hybridized carbons (Fsp3) is 0.400. The molecule has 2 fully saturated rings. The molecule has 3 aliphatic rings. The van der Waals surface area contributed by atoms with E-state index in [1.54, 1.807) is 4.90 Å². The zero-order valence-corrected chi connectivity index (χ0v) is 18.4. The number of amides is 3. The van der Waals surface area contributed by atoms with Gasteiger partial charge in [-0.15, -0.1) is 0 Å². The molecule has 3 aliphatic heterocycles. The number of benzene rings is 2. The Morgan fingerprint density at radius 1 is 1.03 bits per heavy atom. The first kappa shape index (κ1) is 21.5. The standard InChI is InChI=1S/C25H28N4O4/c30-23-7-6-22(24(31)28-23)29-15-17-12-16(4-5-21(17)25(29)32)14-27-18-2-1-3-20(13-18)33-19-8-10-26-11-9-19/h1-5,12-13,19,22,26-27H,6-11,14-15H2,(H,28,30,31). The molecule has 0 bridgehead atoms. The van der Waals surface area contributed by atoms with Gasteiger partial charge < -0.3 is 20.3 Å². The van der Waals surface area contributed by atoms with Crippen LogP contribution < -0.4 is 20.7 Å². The predicted molar refractivity (Wildman–Crippen MR) is 123 cm³/mol. The number of nitrogens with zero attached hydrogens (tertiary/aromatic N) is 1. The van der Waals surface area contributed by atoms with E-state index in [0.29, 0.717) is 25.1 Å². The van der Waals surface area contributed by atoms with E-state index in [2.05, 4.69) is 16.0 Å². The number of ether oxygens (including phenoxy) is 1. The van der Waals surface area contributed by atoms with Crippen molar-refractivity contribution in [3.8, 4) is 5.75 Å².